The van der Waals surface area contributed by atoms with Crippen molar-refractivity contribution in [1.82, 2.24) is 4.98 Å². The van der Waals surface area contributed by atoms with Crippen molar-refractivity contribution in [2.45, 2.75) is 19.9 Å². The second-order valence-corrected chi connectivity index (χ2v) is 7.49. The number of pyridine rings is 1. The molecule has 6 heteroatoms. The highest BCUT2D eigenvalue weighted by Crippen LogP contribution is 2.40. The number of hydrogen-bond donors (Lipinski definition) is 0. The summed E-state index contributed by atoms with van der Waals surface area (Å²) in [4.78, 5) is 32.7. The molecule has 0 unspecified atom stereocenters. The predicted octanol–water partition coefficient (Wildman–Crippen LogP) is 4.69. The molecule has 1 amide bonds. The number of fused-ring (bicyclic) bond motifs is 2. The molecule has 0 saturated carbocycles. The van der Waals surface area contributed by atoms with Crippen molar-refractivity contribution < 1.29 is 13.6 Å². The molecule has 0 fully saturated rings. The molecule has 0 radical (unpaired) electrons. The molecule has 5 rings (SSSR count). The van der Waals surface area contributed by atoms with Gasteiger partial charge in [-0.3, -0.25) is 14.5 Å². The first-order valence-electron chi connectivity index (χ1n) is 9.53. The molecule has 0 spiro atoms. The van der Waals surface area contributed by atoms with Crippen LogP contribution in [0.25, 0.3) is 11.0 Å². The van der Waals surface area contributed by atoms with Gasteiger partial charge in [-0.1, -0.05) is 23.8 Å². The molecule has 148 valence electrons. The van der Waals surface area contributed by atoms with Crippen molar-refractivity contribution in [3.05, 3.63) is 105 Å². The number of anilines is 1. The Kier molecular flexibility index (Phi) is 4.03. The minimum atomic E-state index is -0.761. The zero-order valence-corrected chi connectivity index (χ0v) is 16.3. The summed E-state index contributed by atoms with van der Waals surface area (Å²) in [6.45, 7) is 3.78. The number of amides is 1. The number of nitrogens with zero attached hydrogens (tertiary/aromatic N) is 2. The lowest BCUT2D eigenvalue weighted by molar-refractivity contribution is 0.0970. The third-order valence-corrected chi connectivity index (χ3v) is 5.36. The van der Waals surface area contributed by atoms with Gasteiger partial charge in [0.15, 0.2) is 5.43 Å². The molecule has 3 heterocycles. The van der Waals surface area contributed by atoms with E-state index in [4.69, 9.17) is 4.42 Å². The molecule has 2 aromatic heterocycles. The van der Waals surface area contributed by atoms with Gasteiger partial charge in [-0.25, -0.2) is 9.37 Å². The van der Waals surface area contributed by atoms with Gasteiger partial charge in [0.1, 0.15) is 17.2 Å². The maximum atomic E-state index is 13.6. The van der Waals surface area contributed by atoms with Crippen LogP contribution in [0, 0.1) is 19.7 Å². The van der Waals surface area contributed by atoms with Gasteiger partial charge < -0.3 is 4.42 Å². The average molecular weight is 400 g/mol. The van der Waals surface area contributed by atoms with Gasteiger partial charge in [0, 0.05) is 6.20 Å². The maximum absolute atomic E-state index is 13.6. The first-order chi connectivity index (χ1) is 14.4. The topological polar surface area (TPSA) is 63.4 Å². The SMILES string of the molecule is Cc1ccnc(N2C(=O)c3oc4ccc(C)cc4c(=O)c3[C@@H]2c2ccc(F)cc2)c1. The van der Waals surface area contributed by atoms with Crippen LogP contribution in [0.15, 0.2) is 70.0 Å². The third kappa shape index (κ3) is 2.72. The quantitative estimate of drug-likeness (QED) is 0.490. The number of carbonyl (C=O) groups excluding carboxylic acids is 1. The molecule has 30 heavy (non-hydrogen) atoms. The van der Waals surface area contributed by atoms with E-state index in [9.17, 15) is 14.0 Å². The van der Waals surface area contributed by atoms with Gasteiger partial charge >= 0.3 is 0 Å². The number of aromatic nitrogens is 1. The summed E-state index contributed by atoms with van der Waals surface area (Å²) in [6.07, 6.45) is 1.61. The van der Waals surface area contributed by atoms with E-state index in [1.807, 2.05) is 26.0 Å². The van der Waals surface area contributed by atoms with E-state index in [0.717, 1.165) is 11.1 Å². The zero-order valence-electron chi connectivity index (χ0n) is 16.3. The lowest BCUT2D eigenvalue weighted by Gasteiger charge is -2.24. The standard InChI is InChI=1S/C24H17FN2O3/c1-13-3-8-18-17(11-13)22(28)20-21(15-4-6-16(25)7-5-15)27(24(29)23(20)30-18)19-12-14(2)9-10-26-19/h3-12,21H,1-2H3/t21-/m0/s1. The van der Waals surface area contributed by atoms with Gasteiger partial charge in [-0.05, 0) is 61.4 Å². The summed E-state index contributed by atoms with van der Waals surface area (Å²) < 4.78 is 19.5. The first-order valence-corrected chi connectivity index (χ1v) is 9.53. The number of rotatable bonds is 2. The molecular formula is C24H17FN2O3. The van der Waals surface area contributed by atoms with E-state index < -0.39 is 17.8 Å². The van der Waals surface area contributed by atoms with Crippen LogP contribution in [-0.4, -0.2) is 10.9 Å². The van der Waals surface area contributed by atoms with Gasteiger partial charge in [0.25, 0.3) is 5.91 Å². The van der Waals surface area contributed by atoms with E-state index in [0.29, 0.717) is 22.4 Å². The number of carbonyl (C=O) groups is 1. The van der Waals surface area contributed by atoms with Crippen LogP contribution in [0.5, 0.6) is 0 Å². The highest BCUT2D eigenvalue weighted by atomic mass is 19.1. The normalized spacial score (nSPS) is 15.6. The molecule has 5 nitrogen and oxygen atoms in total. The van der Waals surface area contributed by atoms with Crippen LogP contribution in [0.4, 0.5) is 10.2 Å². The minimum Gasteiger partial charge on any atom is -0.450 e. The lowest BCUT2D eigenvalue weighted by Crippen LogP contribution is -2.30. The molecule has 0 aliphatic carbocycles. The Hall–Kier alpha value is -3.80. The Morgan fingerprint density at radius 2 is 1.70 bits per heavy atom. The van der Waals surface area contributed by atoms with E-state index in [2.05, 4.69) is 4.98 Å². The van der Waals surface area contributed by atoms with Crippen LogP contribution < -0.4 is 10.3 Å². The smallest absolute Gasteiger partial charge is 0.296 e. The van der Waals surface area contributed by atoms with Crippen molar-refractivity contribution in [1.29, 1.82) is 0 Å². The Bertz CT molecular complexity index is 1380. The number of aryl methyl sites for hydroxylation is 2. The van der Waals surface area contributed by atoms with E-state index in [1.54, 1.807) is 36.5 Å². The molecule has 1 aliphatic rings. The molecule has 0 bridgehead atoms. The highest BCUT2D eigenvalue weighted by molar-refractivity contribution is 6.10. The van der Waals surface area contributed by atoms with E-state index >= 15 is 0 Å². The molecule has 0 N–H and O–H groups in total. The van der Waals surface area contributed by atoms with E-state index in [-0.39, 0.29) is 16.8 Å². The molecule has 1 atom stereocenters. The Labute approximate surface area is 171 Å². The monoisotopic (exact) mass is 400 g/mol. The van der Waals surface area contributed by atoms with Gasteiger partial charge in [-0.15, -0.1) is 0 Å². The fraction of sp³-hybridized carbons (Fsp3) is 0.125. The number of halogens is 1. The number of hydrogen-bond acceptors (Lipinski definition) is 4. The lowest BCUT2D eigenvalue weighted by atomic mass is 9.98. The molecule has 0 saturated heterocycles. The van der Waals surface area contributed by atoms with Crippen LogP contribution >= 0.6 is 0 Å². The highest BCUT2D eigenvalue weighted by Gasteiger charge is 2.44. The summed E-state index contributed by atoms with van der Waals surface area (Å²) in [5.41, 5.74) is 2.76. The Morgan fingerprint density at radius 3 is 2.43 bits per heavy atom. The predicted molar refractivity (Wildman–Crippen MR) is 111 cm³/mol. The minimum absolute atomic E-state index is 0.00557. The molecule has 1 aliphatic heterocycles. The van der Waals surface area contributed by atoms with Crippen molar-refractivity contribution in [2.75, 3.05) is 4.90 Å². The Balaban J connectivity index is 1.83. The summed E-state index contributed by atoms with van der Waals surface area (Å²) in [7, 11) is 0. The second-order valence-electron chi connectivity index (χ2n) is 7.49. The average Bonchev–Trinajstić information content (AvgIpc) is 3.02. The van der Waals surface area contributed by atoms with Crippen molar-refractivity contribution in [3.8, 4) is 0 Å². The summed E-state index contributed by atoms with van der Waals surface area (Å²) >= 11 is 0. The first kappa shape index (κ1) is 18.2. The van der Waals surface area contributed by atoms with Crippen molar-refractivity contribution in [3.63, 3.8) is 0 Å². The van der Waals surface area contributed by atoms with Crippen LogP contribution in [0.3, 0.4) is 0 Å². The molecule has 2 aromatic carbocycles. The van der Waals surface area contributed by atoms with Crippen LogP contribution in [0.2, 0.25) is 0 Å². The third-order valence-electron chi connectivity index (χ3n) is 5.36. The second kappa shape index (κ2) is 6.62. The van der Waals surface area contributed by atoms with Gasteiger partial charge in [0.05, 0.1) is 17.0 Å². The van der Waals surface area contributed by atoms with Crippen LogP contribution in [0.1, 0.15) is 38.9 Å². The summed E-state index contributed by atoms with van der Waals surface area (Å²) in [5.74, 6) is -0.448. The summed E-state index contributed by atoms with van der Waals surface area (Å²) in [6, 6.07) is 13.9. The van der Waals surface area contributed by atoms with Gasteiger partial charge in [-0.2, -0.15) is 0 Å². The molecule has 4 aromatic rings. The van der Waals surface area contributed by atoms with Crippen molar-refractivity contribution in [2.24, 2.45) is 0 Å². The zero-order chi connectivity index (χ0) is 21.0. The largest absolute Gasteiger partial charge is 0.450 e. The Morgan fingerprint density at radius 1 is 0.967 bits per heavy atom. The fourth-order valence-corrected chi connectivity index (χ4v) is 3.94. The van der Waals surface area contributed by atoms with Crippen molar-refractivity contribution >= 4 is 22.7 Å². The fourth-order valence-electron chi connectivity index (χ4n) is 3.94. The van der Waals surface area contributed by atoms with E-state index in [1.165, 1.54) is 17.0 Å². The van der Waals surface area contributed by atoms with Crippen LogP contribution in [-0.2, 0) is 0 Å². The maximum Gasteiger partial charge on any atom is 0.296 e. The number of benzene rings is 2. The molecular weight excluding hydrogens is 383 g/mol. The summed E-state index contributed by atoms with van der Waals surface area (Å²) in [5, 5.41) is 0.410. The van der Waals surface area contributed by atoms with Gasteiger partial charge in [0.2, 0.25) is 5.76 Å².